The van der Waals surface area contributed by atoms with Crippen LogP contribution in [0.25, 0.3) is 0 Å². The average molecular weight is 313 g/mol. The van der Waals surface area contributed by atoms with Crippen molar-refractivity contribution < 1.29 is 14.5 Å². The Morgan fingerprint density at radius 1 is 1.26 bits per heavy atom. The quantitative estimate of drug-likeness (QED) is 0.605. The summed E-state index contributed by atoms with van der Waals surface area (Å²) in [4.78, 5) is 38.1. The first-order valence-electron chi connectivity index (χ1n) is 6.84. The molecule has 23 heavy (non-hydrogen) atoms. The van der Waals surface area contributed by atoms with E-state index in [4.69, 9.17) is 4.74 Å². The lowest BCUT2D eigenvalue weighted by atomic mass is 10.1. The summed E-state index contributed by atoms with van der Waals surface area (Å²) in [5, 5.41) is 11.0. The Balaban J connectivity index is 2.08. The number of nitro benzene ring substituents is 1. The summed E-state index contributed by atoms with van der Waals surface area (Å²) in [6.07, 6.45) is 1.98. The van der Waals surface area contributed by atoms with E-state index in [2.05, 4.69) is 20.0 Å². The molecule has 2 heterocycles. The van der Waals surface area contributed by atoms with Crippen molar-refractivity contribution >= 4 is 35.3 Å². The number of carbonyl (C=O) groups is 1. The lowest BCUT2D eigenvalue weighted by Crippen LogP contribution is -2.26. The Kier molecular flexibility index (Phi) is 3.75. The second-order valence-electron chi connectivity index (χ2n) is 4.68. The van der Waals surface area contributed by atoms with Gasteiger partial charge in [-0.25, -0.2) is 15.0 Å². The highest BCUT2D eigenvalue weighted by Crippen LogP contribution is 2.27. The molecule has 0 aromatic heterocycles. The summed E-state index contributed by atoms with van der Waals surface area (Å²) in [7, 11) is 0. The fourth-order valence-corrected chi connectivity index (χ4v) is 2.03. The Labute approximate surface area is 130 Å². The van der Waals surface area contributed by atoms with Crippen molar-refractivity contribution in [3.63, 3.8) is 0 Å². The highest BCUT2D eigenvalue weighted by molar-refractivity contribution is 6.71. The van der Waals surface area contributed by atoms with E-state index < -0.39 is 10.8 Å². The van der Waals surface area contributed by atoms with Gasteiger partial charge in [0.15, 0.2) is 17.4 Å². The molecule has 0 radical (unpaired) electrons. The number of nitrogens with zero attached hydrogens (tertiary/aromatic N) is 5. The summed E-state index contributed by atoms with van der Waals surface area (Å²) in [6, 6.07) is 4.08. The fourth-order valence-electron chi connectivity index (χ4n) is 2.03. The minimum Gasteiger partial charge on any atom is -0.493 e. The maximum absolute atomic E-state index is 11.9. The van der Waals surface area contributed by atoms with Gasteiger partial charge in [-0.15, -0.1) is 0 Å². The molecule has 2 aliphatic rings. The summed E-state index contributed by atoms with van der Waals surface area (Å²) in [5.41, 5.74) is 0.193. The van der Waals surface area contributed by atoms with E-state index in [0.29, 0.717) is 12.4 Å². The number of benzene rings is 1. The standard InChI is InChI=1S/C14H11N5O4/c1-2-5-23-10-4-3-8(19(21)22)6-9(10)12-17-13-11(14(20)18-12)15-7-16-13/h3-4,6-7H,2,5H2,1H3. The first-order chi connectivity index (χ1) is 11.1. The molecule has 0 unspecified atom stereocenters. The Hall–Kier alpha value is -3.23. The van der Waals surface area contributed by atoms with Crippen LogP contribution in [-0.4, -0.2) is 41.2 Å². The van der Waals surface area contributed by atoms with E-state index in [1.165, 1.54) is 24.5 Å². The molecule has 2 aliphatic heterocycles. The molecule has 0 bridgehead atoms. The third-order valence-corrected chi connectivity index (χ3v) is 3.08. The second-order valence-corrected chi connectivity index (χ2v) is 4.68. The van der Waals surface area contributed by atoms with Crippen LogP contribution < -0.4 is 4.74 Å². The zero-order valence-corrected chi connectivity index (χ0v) is 12.1. The number of rotatable bonds is 5. The number of nitro groups is 1. The van der Waals surface area contributed by atoms with E-state index in [0.717, 1.165) is 6.42 Å². The fraction of sp³-hybridized carbons (Fsp3) is 0.214. The van der Waals surface area contributed by atoms with Crippen LogP contribution in [0.3, 0.4) is 0 Å². The molecule has 1 aromatic carbocycles. The van der Waals surface area contributed by atoms with Gasteiger partial charge in [-0.1, -0.05) is 6.92 Å². The van der Waals surface area contributed by atoms with Gasteiger partial charge in [0.05, 0.1) is 17.1 Å². The van der Waals surface area contributed by atoms with E-state index in [-0.39, 0.29) is 28.6 Å². The van der Waals surface area contributed by atoms with Crippen LogP contribution in [0.1, 0.15) is 18.9 Å². The van der Waals surface area contributed by atoms with Crippen LogP contribution >= 0.6 is 0 Å². The highest BCUT2D eigenvalue weighted by Gasteiger charge is 2.28. The molecule has 9 nitrogen and oxygen atoms in total. The van der Waals surface area contributed by atoms with E-state index in [1.54, 1.807) is 0 Å². The third kappa shape index (κ3) is 2.76. The molecule has 0 atom stereocenters. The van der Waals surface area contributed by atoms with Crippen molar-refractivity contribution in [2.45, 2.75) is 13.3 Å². The molecular formula is C14H11N5O4. The monoisotopic (exact) mass is 313 g/mol. The summed E-state index contributed by atoms with van der Waals surface area (Å²) in [5.74, 6) is -0.0445. The van der Waals surface area contributed by atoms with Gasteiger partial charge < -0.3 is 4.74 Å². The number of ether oxygens (including phenoxy) is 1. The van der Waals surface area contributed by atoms with Crippen molar-refractivity contribution in [2.75, 3.05) is 6.61 Å². The van der Waals surface area contributed by atoms with Crippen LogP contribution in [0.2, 0.25) is 0 Å². The number of hydrogen-bond acceptors (Lipinski definition) is 7. The Morgan fingerprint density at radius 3 is 2.83 bits per heavy atom. The number of hydrogen-bond donors (Lipinski definition) is 0. The molecular weight excluding hydrogens is 302 g/mol. The molecule has 1 aromatic rings. The molecule has 0 N–H and O–H groups in total. The Morgan fingerprint density at radius 2 is 2.09 bits per heavy atom. The van der Waals surface area contributed by atoms with Gasteiger partial charge in [0.25, 0.3) is 5.69 Å². The van der Waals surface area contributed by atoms with Gasteiger partial charge in [-0.2, -0.15) is 4.99 Å². The maximum atomic E-state index is 11.9. The number of non-ortho nitro benzene ring substituents is 1. The number of amides is 1. The first-order valence-corrected chi connectivity index (χ1v) is 6.84. The predicted octanol–water partition coefficient (Wildman–Crippen LogP) is 1.55. The number of carbonyl (C=O) groups excluding carboxylic acids is 1. The maximum Gasteiger partial charge on any atom is 0.301 e. The molecule has 116 valence electrons. The van der Waals surface area contributed by atoms with Crippen LogP contribution in [0, 0.1) is 10.1 Å². The second kappa shape index (κ2) is 5.87. The van der Waals surface area contributed by atoms with Crippen molar-refractivity contribution in [3.8, 4) is 5.75 Å². The van der Waals surface area contributed by atoms with Gasteiger partial charge in [-0.3, -0.25) is 14.9 Å². The predicted molar refractivity (Wildman–Crippen MR) is 83.8 cm³/mol. The first kappa shape index (κ1) is 14.7. The van der Waals surface area contributed by atoms with Gasteiger partial charge in [0.2, 0.25) is 0 Å². The molecule has 1 amide bonds. The van der Waals surface area contributed by atoms with Gasteiger partial charge in [0.1, 0.15) is 12.1 Å². The summed E-state index contributed by atoms with van der Waals surface area (Å²) >= 11 is 0. The zero-order valence-electron chi connectivity index (χ0n) is 12.1. The topological polar surface area (TPSA) is 119 Å². The minimum atomic E-state index is -0.588. The Bertz CT molecular complexity index is 822. The molecule has 0 spiro atoms. The van der Waals surface area contributed by atoms with E-state index >= 15 is 0 Å². The molecule has 9 heteroatoms. The lowest BCUT2D eigenvalue weighted by Gasteiger charge is -2.12. The van der Waals surface area contributed by atoms with E-state index in [1.807, 2.05) is 6.92 Å². The molecule has 0 saturated carbocycles. The molecule has 0 saturated heterocycles. The number of amidine groups is 2. The highest BCUT2D eigenvalue weighted by atomic mass is 16.6. The smallest absolute Gasteiger partial charge is 0.301 e. The van der Waals surface area contributed by atoms with Crippen molar-refractivity contribution in [3.05, 3.63) is 33.9 Å². The normalized spacial score (nSPS) is 15.7. The van der Waals surface area contributed by atoms with Crippen molar-refractivity contribution in [2.24, 2.45) is 20.0 Å². The largest absolute Gasteiger partial charge is 0.493 e. The van der Waals surface area contributed by atoms with Crippen LogP contribution in [0.15, 0.2) is 38.2 Å². The SMILES string of the molecule is CCCOc1ccc([N+](=O)[O-])cc1C1=NC(=O)C2=NC=NC2=N1. The summed E-state index contributed by atoms with van der Waals surface area (Å²) < 4.78 is 5.57. The van der Waals surface area contributed by atoms with Gasteiger partial charge >= 0.3 is 5.91 Å². The van der Waals surface area contributed by atoms with Gasteiger partial charge in [0, 0.05) is 12.1 Å². The van der Waals surface area contributed by atoms with Crippen LogP contribution in [0.5, 0.6) is 5.75 Å². The molecule has 3 rings (SSSR count). The zero-order chi connectivity index (χ0) is 16.4. The van der Waals surface area contributed by atoms with E-state index in [9.17, 15) is 14.9 Å². The number of aliphatic imine (C=N–C) groups is 4. The number of fused-ring (bicyclic) bond motifs is 1. The van der Waals surface area contributed by atoms with Crippen LogP contribution in [-0.2, 0) is 4.79 Å². The summed E-state index contributed by atoms with van der Waals surface area (Å²) in [6.45, 7) is 2.36. The average Bonchev–Trinajstić information content (AvgIpc) is 3.01. The lowest BCUT2D eigenvalue weighted by molar-refractivity contribution is -0.384. The third-order valence-electron chi connectivity index (χ3n) is 3.08. The van der Waals surface area contributed by atoms with Gasteiger partial charge in [-0.05, 0) is 12.5 Å². The minimum absolute atomic E-state index is 0.0257. The molecule has 0 fully saturated rings. The molecule has 0 aliphatic carbocycles. The van der Waals surface area contributed by atoms with Crippen molar-refractivity contribution in [1.82, 2.24) is 0 Å². The van der Waals surface area contributed by atoms with Crippen molar-refractivity contribution in [1.29, 1.82) is 0 Å². The van der Waals surface area contributed by atoms with Crippen LogP contribution in [0.4, 0.5) is 5.69 Å².